The van der Waals surface area contributed by atoms with Gasteiger partial charge in [0.1, 0.15) is 11.0 Å². The number of hydrazine groups is 1. The van der Waals surface area contributed by atoms with E-state index in [1.54, 1.807) is 33.3 Å². The average Bonchev–Trinajstić information content (AvgIpc) is 3.53. The van der Waals surface area contributed by atoms with Gasteiger partial charge in [-0.15, -0.1) is 0 Å². The Morgan fingerprint density at radius 1 is 0.711 bits per heavy atom. The number of piperazine rings is 2. The molecule has 2 aromatic heterocycles. The summed E-state index contributed by atoms with van der Waals surface area (Å²) in [4.78, 5) is 43.7. The number of amides is 1. The number of ether oxygens (including phenoxy) is 4. The second-order valence-corrected chi connectivity index (χ2v) is 11.2. The topological polar surface area (TPSA) is 137 Å². The molecule has 16 nitrogen and oxygen atoms in total. The summed E-state index contributed by atoms with van der Waals surface area (Å²) >= 11 is 0. The van der Waals surface area contributed by atoms with E-state index in [1.807, 2.05) is 11.9 Å². The predicted molar refractivity (Wildman–Crippen MR) is 172 cm³/mol. The number of methoxy groups -OCH3 is 4. The normalized spacial score (nSPS) is 16.9. The van der Waals surface area contributed by atoms with E-state index in [0.29, 0.717) is 101 Å². The number of rotatable bonds is 16. The fourth-order valence-corrected chi connectivity index (χ4v) is 5.59. The van der Waals surface area contributed by atoms with Crippen LogP contribution in [0.2, 0.25) is 0 Å². The first-order valence-corrected chi connectivity index (χ1v) is 15.5. The molecule has 0 unspecified atom stereocenters. The van der Waals surface area contributed by atoms with Crippen molar-refractivity contribution in [1.82, 2.24) is 35.3 Å². The molecule has 0 atom stereocenters. The van der Waals surface area contributed by atoms with Crippen LogP contribution in [0, 0.1) is 0 Å². The zero-order valence-electron chi connectivity index (χ0n) is 27.2. The van der Waals surface area contributed by atoms with Crippen LogP contribution < -0.4 is 25.0 Å². The third kappa shape index (κ3) is 7.64. The highest BCUT2D eigenvalue weighted by Gasteiger charge is 2.31. The van der Waals surface area contributed by atoms with Crippen LogP contribution >= 0.6 is 0 Å². The largest absolute Gasteiger partial charge is 0.383 e. The van der Waals surface area contributed by atoms with Crippen LogP contribution in [0.4, 0.5) is 23.5 Å². The molecule has 2 aromatic rings. The maximum atomic E-state index is 13.0. The van der Waals surface area contributed by atoms with Crippen molar-refractivity contribution in [3.63, 3.8) is 0 Å². The van der Waals surface area contributed by atoms with Gasteiger partial charge < -0.3 is 48.5 Å². The SMILES string of the molecule is COCCN(CCOC)c1nc(N2CCN3NCC=C3C2)c2nc(N(CCOC)CCOC)nc(N3CCN(C)C(=O)C3)c2n1. The molecule has 248 valence electrons. The number of anilines is 4. The summed E-state index contributed by atoms with van der Waals surface area (Å²) in [5.74, 6) is 2.43. The minimum atomic E-state index is 0.0262. The van der Waals surface area contributed by atoms with Crippen LogP contribution in [-0.4, -0.2) is 170 Å². The number of carbonyl (C=O) groups excluding carboxylic acids is 1. The van der Waals surface area contributed by atoms with Gasteiger partial charge in [-0.1, -0.05) is 0 Å². The second-order valence-electron chi connectivity index (χ2n) is 11.2. The molecule has 2 fully saturated rings. The van der Waals surface area contributed by atoms with Gasteiger partial charge in [0.15, 0.2) is 11.6 Å². The second kappa shape index (κ2) is 15.6. The summed E-state index contributed by atoms with van der Waals surface area (Å²) in [6, 6.07) is 0. The first-order chi connectivity index (χ1) is 22.0. The lowest BCUT2D eigenvalue weighted by Gasteiger charge is -2.37. The zero-order chi connectivity index (χ0) is 31.8. The summed E-state index contributed by atoms with van der Waals surface area (Å²) in [5, 5.41) is 2.20. The number of nitrogens with one attached hydrogen (secondary N) is 1. The molecule has 0 bridgehead atoms. The number of hydrogen-bond acceptors (Lipinski definition) is 15. The van der Waals surface area contributed by atoms with E-state index in [-0.39, 0.29) is 12.5 Å². The van der Waals surface area contributed by atoms with Crippen molar-refractivity contribution in [2.45, 2.75) is 0 Å². The lowest BCUT2D eigenvalue weighted by molar-refractivity contribution is -0.129. The van der Waals surface area contributed by atoms with Gasteiger partial charge in [-0.3, -0.25) is 4.79 Å². The molecule has 5 heterocycles. The zero-order valence-corrected chi connectivity index (χ0v) is 27.2. The molecule has 16 heteroatoms. The van der Waals surface area contributed by atoms with Crippen LogP contribution in [0.25, 0.3) is 11.0 Å². The highest BCUT2D eigenvalue weighted by atomic mass is 16.5. The Morgan fingerprint density at radius 2 is 1.20 bits per heavy atom. The molecule has 0 spiro atoms. The van der Waals surface area contributed by atoms with E-state index in [0.717, 1.165) is 25.5 Å². The van der Waals surface area contributed by atoms with Gasteiger partial charge in [-0.25, -0.2) is 15.4 Å². The van der Waals surface area contributed by atoms with Gasteiger partial charge in [0.05, 0.1) is 46.1 Å². The fraction of sp³-hybridized carbons (Fsp3) is 0.690. The number of likely N-dealkylation sites (N-methyl/N-ethyl adjacent to an activating group) is 1. The summed E-state index contributed by atoms with van der Waals surface area (Å²) < 4.78 is 21.7. The number of nitrogens with zero attached hydrogens (tertiary/aromatic N) is 10. The van der Waals surface area contributed by atoms with Crippen molar-refractivity contribution in [3.05, 3.63) is 11.8 Å². The molecular formula is C29H47N11O5. The van der Waals surface area contributed by atoms with E-state index in [9.17, 15) is 4.79 Å². The van der Waals surface area contributed by atoms with Crippen molar-refractivity contribution in [3.8, 4) is 0 Å². The number of hydrogen-bond donors (Lipinski definition) is 1. The van der Waals surface area contributed by atoms with E-state index in [2.05, 4.69) is 31.2 Å². The first-order valence-electron chi connectivity index (χ1n) is 15.5. The Hall–Kier alpha value is -3.57. The minimum Gasteiger partial charge on any atom is -0.383 e. The van der Waals surface area contributed by atoms with E-state index in [4.69, 9.17) is 38.9 Å². The molecule has 1 N–H and O–H groups in total. The van der Waals surface area contributed by atoms with Gasteiger partial charge in [-0.05, 0) is 6.08 Å². The maximum Gasteiger partial charge on any atom is 0.241 e. The van der Waals surface area contributed by atoms with Crippen molar-refractivity contribution >= 4 is 40.5 Å². The lowest BCUT2D eigenvalue weighted by atomic mass is 10.2. The first kappa shape index (κ1) is 32.8. The smallest absolute Gasteiger partial charge is 0.241 e. The fourth-order valence-electron chi connectivity index (χ4n) is 5.59. The van der Waals surface area contributed by atoms with Crippen LogP contribution in [0.1, 0.15) is 0 Å². The van der Waals surface area contributed by atoms with E-state index >= 15 is 0 Å². The van der Waals surface area contributed by atoms with Crippen molar-refractivity contribution < 1.29 is 23.7 Å². The van der Waals surface area contributed by atoms with Crippen LogP contribution in [0.5, 0.6) is 0 Å². The average molecular weight is 630 g/mol. The highest BCUT2D eigenvalue weighted by molar-refractivity contribution is 5.96. The third-order valence-corrected chi connectivity index (χ3v) is 8.28. The Bertz CT molecular complexity index is 1320. The molecule has 5 rings (SSSR count). The van der Waals surface area contributed by atoms with Crippen LogP contribution in [0.3, 0.4) is 0 Å². The number of aromatic nitrogens is 4. The monoisotopic (exact) mass is 629 g/mol. The molecule has 3 aliphatic heterocycles. The van der Waals surface area contributed by atoms with Gasteiger partial charge in [0, 0.05) is 93.5 Å². The summed E-state index contributed by atoms with van der Waals surface area (Å²) in [6.45, 7) is 8.71. The van der Waals surface area contributed by atoms with Gasteiger partial charge in [-0.2, -0.15) is 9.97 Å². The predicted octanol–water partition coefficient (Wildman–Crippen LogP) is -0.579. The van der Waals surface area contributed by atoms with Crippen molar-refractivity contribution in [2.75, 3.05) is 154 Å². The Labute approximate surface area is 264 Å². The quantitative estimate of drug-likeness (QED) is 0.253. The molecule has 0 aromatic carbocycles. The third-order valence-electron chi connectivity index (χ3n) is 8.28. The molecule has 0 saturated carbocycles. The molecule has 45 heavy (non-hydrogen) atoms. The highest BCUT2D eigenvalue weighted by Crippen LogP contribution is 2.34. The molecule has 3 aliphatic rings. The minimum absolute atomic E-state index is 0.0262. The lowest BCUT2D eigenvalue weighted by Crippen LogP contribution is -2.49. The molecule has 1 amide bonds. The maximum absolute atomic E-state index is 13.0. The summed E-state index contributed by atoms with van der Waals surface area (Å²) in [6.07, 6.45) is 2.21. The van der Waals surface area contributed by atoms with Crippen molar-refractivity contribution in [2.24, 2.45) is 0 Å². The molecule has 2 saturated heterocycles. The molecule has 0 aliphatic carbocycles. The number of fused-ring (bicyclic) bond motifs is 2. The Balaban J connectivity index is 1.70. The van der Waals surface area contributed by atoms with E-state index in [1.165, 1.54) is 5.70 Å². The van der Waals surface area contributed by atoms with Gasteiger partial charge in [0.25, 0.3) is 0 Å². The molecule has 0 radical (unpaired) electrons. The van der Waals surface area contributed by atoms with Gasteiger partial charge >= 0.3 is 0 Å². The number of carbonyl (C=O) groups is 1. The Morgan fingerprint density at radius 3 is 1.69 bits per heavy atom. The van der Waals surface area contributed by atoms with Crippen LogP contribution in [-0.2, 0) is 23.7 Å². The standard InChI is InChI=1S/C29H47N11O5/c1-35-8-9-39(21-23(35)41)27-25-24(31-29(34-27)37(14-18-44-4)15-19-45-5)26(38-10-11-40-22(20-38)6-7-30-40)33-28(32-25)36(12-16-42-2)13-17-43-3/h6,30H,7-21H2,1-5H3. The van der Waals surface area contributed by atoms with Gasteiger partial charge in [0.2, 0.25) is 17.8 Å². The Kier molecular flexibility index (Phi) is 11.4. The van der Waals surface area contributed by atoms with Crippen molar-refractivity contribution in [1.29, 1.82) is 0 Å². The summed E-state index contributed by atoms with van der Waals surface area (Å²) in [7, 11) is 8.54. The molecular weight excluding hydrogens is 582 g/mol. The van der Waals surface area contributed by atoms with E-state index < -0.39 is 0 Å². The summed E-state index contributed by atoms with van der Waals surface area (Å²) in [5.41, 5.74) is 5.86. The van der Waals surface area contributed by atoms with Crippen LogP contribution in [0.15, 0.2) is 11.8 Å².